The van der Waals surface area contributed by atoms with Gasteiger partial charge in [0.2, 0.25) is 0 Å². The van der Waals surface area contributed by atoms with E-state index in [4.69, 9.17) is 0 Å². The number of rotatable bonds is 7. The van der Waals surface area contributed by atoms with Crippen LogP contribution in [0.3, 0.4) is 0 Å². The molecule has 0 amide bonds. The predicted molar refractivity (Wildman–Crippen MR) is 80.4 cm³/mol. The summed E-state index contributed by atoms with van der Waals surface area (Å²) in [6.45, 7) is 5.33. The first kappa shape index (κ1) is 14.4. The van der Waals surface area contributed by atoms with Crippen LogP contribution < -0.4 is 5.32 Å². The van der Waals surface area contributed by atoms with Gasteiger partial charge in [-0.05, 0) is 24.3 Å². The minimum Gasteiger partial charge on any atom is -0.384 e. The third kappa shape index (κ3) is 3.49. The maximum absolute atomic E-state index is 14.6. The van der Waals surface area contributed by atoms with Crippen molar-refractivity contribution in [1.82, 2.24) is 0 Å². The van der Waals surface area contributed by atoms with Gasteiger partial charge in [-0.2, -0.15) is 0 Å². The topological polar surface area (TPSA) is 12.0 Å². The van der Waals surface area contributed by atoms with Gasteiger partial charge in [0.15, 0.2) is 0 Å². The van der Waals surface area contributed by atoms with E-state index in [2.05, 4.69) is 25.2 Å². The largest absolute Gasteiger partial charge is 0.384 e. The lowest BCUT2D eigenvalue weighted by Gasteiger charge is -2.19. The number of alkyl halides is 1. The van der Waals surface area contributed by atoms with Crippen molar-refractivity contribution < 1.29 is 4.39 Å². The Morgan fingerprint density at radius 2 is 2.16 bits per heavy atom. The fraction of sp³-hybridized carbons (Fsp3) is 0.647. The van der Waals surface area contributed by atoms with E-state index in [9.17, 15) is 4.39 Å². The molecule has 2 unspecified atom stereocenters. The minimum atomic E-state index is -0.817. The first-order chi connectivity index (χ1) is 9.26. The van der Waals surface area contributed by atoms with Crippen LogP contribution in [0.5, 0.6) is 0 Å². The monoisotopic (exact) mass is 263 g/mol. The summed E-state index contributed by atoms with van der Waals surface area (Å²) >= 11 is 0. The van der Waals surface area contributed by atoms with Crippen LogP contribution in [-0.2, 0) is 6.42 Å². The summed E-state index contributed by atoms with van der Waals surface area (Å²) in [5, 5.41) is 3.34. The number of anilines is 1. The molecule has 19 heavy (non-hydrogen) atoms. The standard InChI is InChI=1S/C17H26FN/c1-3-5-7-13(4-2)12-16(18)15-9-6-8-14-10-11-19-17(14)15/h6,8-9,13,16,19H,3-5,7,10-12H2,1-2H3. The van der Waals surface area contributed by atoms with Gasteiger partial charge < -0.3 is 5.32 Å². The van der Waals surface area contributed by atoms with Crippen molar-refractivity contribution in [3.05, 3.63) is 29.3 Å². The molecule has 1 N–H and O–H groups in total. The molecule has 0 spiro atoms. The highest BCUT2D eigenvalue weighted by atomic mass is 19.1. The Balaban J connectivity index is 2.03. The van der Waals surface area contributed by atoms with Crippen molar-refractivity contribution in [1.29, 1.82) is 0 Å². The molecular formula is C17H26FN. The molecule has 0 bridgehead atoms. The third-order valence-electron chi connectivity index (χ3n) is 4.30. The van der Waals surface area contributed by atoms with E-state index in [-0.39, 0.29) is 0 Å². The summed E-state index contributed by atoms with van der Waals surface area (Å²) in [4.78, 5) is 0. The fourth-order valence-electron chi connectivity index (χ4n) is 3.03. The molecule has 2 atom stereocenters. The summed E-state index contributed by atoms with van der Waals surface area (Å²) in [7, 11) is 0. The molecular weight excluding hydrogens is 237 g/mol. The molecule has 2 heteroatoms. The summed E-state index contributed by atoms with van der Waals surface area (Å²) in [6, 6.07) is 6.06. The van der Waals surface area contributed by atoms with Crippen LogP contribution in [0.4, 0.5) is 10.1 Å². The fourth-order valence-corrected chi connectivity index (χ4v) is 3.03. The number of halogens is 1. The lowest BCUT2D eigenvalue weighted by atomic mass is 9.90. The van der Waals surface area contributed by atoms with Crippen LogP contribution >= 0.6 is 0 Å². The summed E-state index contributed by atoms with van der Waals surface area (Å²) in [6.07, 6.45) is 5.56. The normalized spacial score (nSPS) is 16.8. The van der Waals surface area contributed by atoms with Gasteiger partial charge in [0.1, 0.15) is 6.17 Å². The van der Waals surface area contributed by atoms with E-state index in [0.717, 1.165) is 37.1 Å². The number of fused-ring (bicyclic) bond motifs is 1. The van der Waals surface area contributed by atoms with Crippen molar-refractivity contribution in [3.63, 3.8) is 0 Å². The van der Waals surface area contributed by atoms with Crippen molar-refractivity contribution in [2.75, 3.05) is 11.9 Å². The molecule has 1 aliphatic heterocycles. The summed E-state index contributed by atoms with van der Waals surface area (Å²) in [5.41, 5.74) is 3.23. The second-order valence-corrected chi connectivity index (χ2v) is 5.68. The van der Waals surface area contributed by atoms with E-state index in [1.165, 1.54) is 18.4 Å². The average molecular weight is 263 g/mol. The van der Waals surface area contributed by atoms with Gasteiger partial charge in [-0.15, -0.1) is 0 Å². The van der Waals surface area contributed by atoms with E-state index in [0.29, 0.717) is 12.3 Å². The van der Waals surface area contributed by atoms with Crippen molar-refractivity contribution in [2.45, 2.75) is 58.5 Å². The van der Waals surface area contributed by atoms with Crippen LogP contribution in [-0.4, -0.2) is 6.54 Å². The highest BCUT2D eigenvalue weighted by Crippen LogP contribution is 2.37. The van der Waals surface area contributed by atoms with Crippen molar-refractivity contribution in [3.8, 4) is 0 Å². The van der Waals surface area contributed by atoms with Crippen LogP contribution in [0, 0.1) is 5.92 Å². The van der Waals surface area contributed by atoms with E-state index in [1.54, 1.807) is 0 Å². The van der Waals surface area contributed by atoms with E-state index in [1.807, 2.05) is 12.1 Å². The Hall–Kier alpha value is -1.05. The van der Waals surface area contributed by atoms with Crippen molar-refractivity contribution >= 4 is 5.69 Å². The van der Waals surface area contributed by atoms with Gasteiger partial charge >= 0.3 is 0 Å². The number of para-hydroxylation sites is 1. The second kappa shape index (κ2) is 6.93. The first-order valence-corrected chi connectivity index (χ1v) is 7.76. The zero-order chi connectivity index (χ0) is 13.7. The van der Waals surface area contributed by atoms with Gasteiger partial charge in [-0.25, -0.2) is 4.39 Å². The van der Waals surface area contributed by atoms with Crippen LogP contribution in [0.1, 0.15) is 63.3 Å². The van der Waals surface area contributed by atoms with Crippen LogP contribution in [0.25, 0.3) is 0 Å². The molecule has 106 valence electrons. The van der Waals surface area contributed by atoms with Gasteiger partial charge in [0, 0.05) is 17.8 Å². The Morgan fingerprint density at radius 1 is 1.32 bits per heavy atom. The molecule has 0 aliphatic carbocycles. The maximum atomic E-state index is 14.6. The Bertz CT molecular complexity index is 402. The van der Waals surface area contributed by atoms with Gasteiger partial charge in [0.25, 0.3) is 0 Å². The lowest BCUT2D eigenvalue weighted by molar-refractivity contribution is 0.258. The number of hydrogen-bond donors (Lipinski definition) is 1. The molecule has 1 aromatic rings. The molecule has 0 aromatic heterocycles. The quantitative estimate of drug-likeness (QED) is 0.706. The smallest absolute Gasteiger partial charge is 0.127 e. The molecule has 0 saturated heterocycles. The number of hydrogen-bond acceptors (Lipinski definition) is 1. The SMILES string of the molecule is CCCCC(CC)CC(F)c1cccc2c1NCC2. The van der Waals surface area contributed by atoms with Gasteiger partial charge in [-0.3, -0.25) is 0 Å². The second-order valence-electron chi connectivity index (χ2n) is 5.68. The van der Waals surface area contributed by atoms with Crippen LogP contribution in [0.2, 0.25) is 0 Å². The Morgan fingerprint density at radius 3 is 2.89 bits per heavy atom. The number of unbranched alkanes of at least 4 members (excludes halogenated alkanes) is 1. The van der Waals surface area contributed by atoms with Gasteiger partial charge in [0.05, 0.1) is 0 Å². The lowest BCUT2D eigenvalue weighted by Crippen LogP contribution is -2.06. The van der Waals surface area contributed by atoms with Crippen molar-refractivity contribution in [2.24, 2.45) is 5.92 Å². The first-order valence-electron chi connectivity index (χ1n) is 7.76. The Kier molecular flexibility index (Phi) is 5.24. The molecule has 1 aliphatic rings. The molecule has 1 aromatic carbocycles. The average Bonchev–Trinajstić information content (AvgIpc) is 2.91. The maximum Gasteiger partial charge on any atom is 0.127 e. The summed E-state index contributed by atoms with van der Waals surface area (Å²) in [5.74, 6) is 0.521. The minimum absolute atomic E-state index is 0.521. The molecule has 1 nitrogen and oxygen atoms in total. The number of nitrogens with one attached hydrogen (secondary N) is 1. The molecule has 2 rings (SSSR count). The molecule has 0 radical (unpaired) electrons. The Labute approximate surface area is 116 Å². The number of benzene rings is 1. The highest BCUT2D eigenvalue weighted by Gasteiger charge is 2.22. The molecule has 0 saturated carbocycles. The zero-order valence-electron chi connectivity index (χ0n) is 12.2. The molecule has 1 heterocycles. The van der Waals surface area contributed by atoms with E-state index < -0.39 is 6.17 Å². The van der Waals surface area contributed by atoms with Gasteiger partial charge in [-0.1, -0.05) is 57.7 Å². The predicted octanol–water partition coefficient (Wildman–Crippen LogP) is 5.27. The third-order valence-corrected chi connectivity index (χ3v) is 4.30. The van der Waals surface area contributed by atoms with E-state index >= 15 is 0 Å². The molecule has 0 fully saturated rings. The highest BCUT2D eigenvalue weighted by molar-refractivity contribution is 5.61. The summed E-state index contributed by atoms with van der Waals surface area (Å²) < 4.78 is 14.6. The van der Waals surface area contributed by atoms with Crippen LogP contribution in [0.15, 0.2) is 18.2 Å². The zero-order valence-corrected chi connectivity index (χ0v) is 12.2.